The van der Waals surface area contributed by atoms with Crippen LogP contribution in [-0.4, -0.2) is 39.1 Å². The predicted octanol–water partition coefficient (Wildman–Crippen LogP) is 5.98. The Bertz CT molecular complexity index is 1200. The molecule has 2 unspecified atom stereocenters. The molecular weight excluding hydrogens is 480 g/mol. The fourth-order valence-corrected chi connectivity index (χ4v) is 7.73. The molecule has 0 saturated heterocycles. The third-order valence-electron chi connectivity index (χ3n) is 9.53. The van der Waals surface area contributed by atoms with E-state index in [0.29, 0.717) is 30.2 Å². The molecule has 4 aliphatic rings. The van der Waals surface area contributed by atoms with Crippen LogP contribution in [0, 0.1) is 17.3 Å². The molecule has 1 aromatic carbocycles. The average Bonchev–Trinajstić information content (AvgIpc) is 3.12. The van der Waals surface area contributed by atoms with Crippen LogP contribution < -0.4 is 0 Å². The Morgan fingerprint density at radius 3 is 2.26 bits per heavy atom. The number of carboxylic acid groups (broad SMARTS) is 1. The van der Waals surface area contributed by atoms with E-state index in [0.717, 1.165) is 37.7 Å². The van der Waals surface area contributed by atoms with E-state index in [1.54, 1.807) is 6.92 Å². The summed E-state index contributed by atoms with van der Waals surface area (Å²) in [6.07, 6.45) is 7.60. The van der Waals surface area contributed by atoms with Crippen molar-refractivity contribution < 1.29 is 29.4 Å². The Hall–Kier alpha value is -2.86. The van der Waals surface area contributed by atoms with Crippen molar-refractivity contribution >= 4 is 23.3 Å². The average molecular weight is 521 g/mol. The zero-order valence-electron chi connectivity index (χ0n) is 23.0. The van der Waals surface area contributed by atoms with Crippen molar-refractivity contribution in [2.75, 3.05) is 0 Å². The topological polar surface area (TPSA) is 109 Å². The maximum Gasteiger partial charge on any atom is 0.303 e. The van der Waals surface area contributed by atoms with Gasteiger partial charge in [0.2, 0.25) is 0 Å². The van der Waals surface area contributed by atoms with Crippen LogP contribution in [0.4, 0.5) is 0 Å². The summed E-state index contributed by atoms with van der Waals surface area (Å²) in [4.78, 5) is 44.8. The molecule has 0 aromatic heterocycles. The molecule has 0 amide bonds. The van der Waals surface area contributed by atoms with Crippen molar-refractivity contribution in [1.29, 1.82) is 0 Å². The van der Waals surface area contributed by atoms with Crippen molar-refractivity contribution in [3.8, 4) is 0 Å². The van der Waals surface area contributed by atoms with Crippen LogP contribution in [0.1, 0.15) is 107 Å². The molecule has 0 spiro atoms. The van der Waals surface area contributed by atoms with Gasteiger partial charge in [-0.2, -0.15) is 0 Å². The van der Waals surface area contributed by atoms with E-state index in [-0.39, 0.29) is 41.5 Å². The molecule has 6 nitrogen and oxygen atoms in total. The second kappa shape index (κ2) is 10.7. The van der Waals surface area contributed by atoms with E-state index < -0.39 is 11.6 Å². The van der Waals surface area contributed by atoms with Crippen LogP contribution >= 0.6 is 0 Å². The minimum Gasteiger partial charge on any atom is -0.481 e. The van der Waals surface area contributed by atoms with E-state index in [1.807, 2.05) is 30.3 Å². The van der Waals surface area contributed by atoms with Gasteiger partial charge in [0.15, 0.2) is 11.6 Å². The van der Waals surface area contributed by atoms with Gasteiger partial charge < -0.3 is 15.0 Å². The molecule has 0 radical (unpaired) electrons. The summed E-state index contributed by atoms with van der Waals surface area (Å²) in [5.74, 6) is 0.277. The van der Waals surface area contributed by atoms with Crippen LogP contribution in [-0.2, 0) is 14.4 Å². The molecule has 0 heterocycles. The fourth-order valence-electron chi connectivity index (χ4n) is 7.73. The van der Waals surface area contributed by atoms with E-state index in [2.05, 4.69) is 6.92 Å². The van der Waals surface area contributed by atoms with Crippen LogP contribution in [0.3, 0.4) is 0 Å². The largest absolute Gasteiger partial charge is 0.481 e. The molecule has 4 aliphatic carbocycles. The number of carbonyl (C=O) groups excluding carboxylic acids is 3. The summed E-state index contributed by atoms with van der Waals surface area (Å²) in [5, 5.41) is 21.2. The summed E-state index contributed by atoms with van der Waals surface area (Å²) in [6.45, 7) is 6.81. The Morgan fingerprint density at radius 2 is 1.66 bits per heavy atom. The van der Waals surface area contributed by atoms with Gasteiger partial charge in [-0.1, -0.05) is 36.8 Å². The highest BCUT2D eigenvalue weighted by Crippen LogP contribution is 2.67. The zero-order chi connectivity index (χ0) is 27.8. The minimum atomic E-state index is -0.998. The first-order valence-corrected chi connectivity index (χ1v) is 13.9. The third-order valence-corrected chi connectivity index (χ3v) is 9.53. The molecule has 38 heavy (non-hydrogen) atoms. The van der Waals surface area contributed by atoms with Gasteiger partial charge in [0.1, 0.15) is 5.78 Å². The van der Waals surface area contributed by atoms with Gasteiger partial charge in [0, 0.05) is 29.7 Å². The molecule has 1 aromatic rings. The summed E-state index contributed by atoms with van der Waals surface area (Å²) in [7, 11) is 0. The van der Waals surface area contributed by atoms with E-state index >= 15 is 0 Å². The van der Waals surface area contributed by atoms with Crippen LogP contribution in [0.5, 0.6) is 0 Å². The van der Waals surface area contributed by atoms with Crippen LogP contribution in [0.25, 0.3) is 0 Å². The van der Waals surface area contributed by atoms with Gasteiger partial charge in [-0.15, -0.1) is 0 Å². The van der Waals surface area contributed by atoms with Crippen molar-refractivity contribution in [3.63, 3.8) is 0 Å². The number of aliphatic carboxylic acids is 1. The molecular formula is C32H40O6. The molecule has 204 valence electrons. The number of rotatable bonds is 5. The summed E-state index contributed by atoms with van der Waals surface area (Å²) in [6, 6.07) is 7.88. The second-order valence-corrected chi connectivity index (χ2v) is 12.0. The Morgan fingerprint density at radius 1 is 1.00 bits per heavy atom. The lowest BCUT2D eigenvalue weighted by molar-refractivity contribution is -0.142. The number of carbonyl (C=O) groups is 4. The standard InChI is InChI=1S/C29H34O5.C3H6O/c1-17(30)18-3-5-19(6-4-18)24-16-28(2)25(11-13-29(28,34)14-12-26(32)33)23-9-7-20-15-21(31)8-10-22(20)27(23)24;1-3(2)4/h3-6,15,23-25,34H,7-14,16H2,1-2H3,(H,32,33);1-2H3/t23?,24-,25?,28+,29-;/m1./s1. The van der Waals surface area contributed by atoms with E-state index in [4.69, 9.17) is 0 Å². The lowest BCUT2D eigenvalue weighted by Crippen LogP contribution is -2.51. The third kappa shape index (κ3) is 5.20. The number of hydrogen-bond acceptors (Lipinski definition) is 5. The van der Waals surface area contributed by atoms with Gasteiger partial charge in [0.25, 0.3) is 0 Å². The first kappa shape index (κ1) is 28.2. The number of carboxylic acids is 1. The lowest BCUT2D eigenvalue weighted by Gasteiger charge is -2.55. The maximum absolute atomic E-state index is 12.2. The SMILES string of the molecule is CC(=O)c1ccc([C@H]2C[C@@]3(C)C(CC[C@@]3(O)CCC(=O)O)C3CCC4=CC(=O)CCC4=C32)cc1.CC(C)=O. The van der Waals surface area contributed by atoms with Crippen molar-refractivity contribution in [3.05, 3.63) is 58.2 Å². The molecule has 2 N–H and O–H groups in total. The Kier molecular flexibility index (Phi) is 7.94. The van der Waals surface area contributed by atoms with Gasteiger partial charge in [0.05, 0.1) is 5.60 Å². The second-order valence-electron chi connectivity index (χ2n) is 12.0. The first-order valence-electron chi connectivity index (χ1n) is 13.9. The zero-order valence-corrected chi connectivity index (χ0v) is 23.0. The monoisotopic (exact) mass is 520 g/mol. The van der Waals surface area contributed by atoms with E-state index in [9.17, 15) is 29.4 Å². The fraction of sp³-hybridized carbons (Fsp3) is 0.562. The molecule has 0 aliphatic heterocycles. The molecule has 5 atom stereocenters. The highest BCUT2D eigenvalue weighted by Gasteiger charge is 2.62. The van der Waals surface area contributed by atoms with Gasteiger partial charge in [-0.3, -0.25) is 14.4 Å². The smallest absolute Gasteiger partial charge is 0.303 e. The number of hydrogen-bond donors (Lipinski definition) is 2. The highest BCUT2D eigenvalue weighted by molar-refractivity contribution is 5.94. The molecule has 6 heteroatoms. The van der Waals surface area contributed by atoms with Gasteiger partial charge >= 0.3 is 5.97 Å². The number of ketones is 3. The predicted molar refractivity (Wildman–Crippen MR) is 145 cm³/mol. The van der Waals surface area contributed by atoms with Crippen LogP contribution in [0.15, 0.2) is 47.1 Å². The van der Waals surface area contributed by atoms with Crippen LogP contribution in [0.2, 0.25) is 0 Å². The van der Waals surface area contributed by atoms with Crippen molar-refractivity contribution in [2.24, 2.45) is 17.3 Å². The number of Topliss-reactive ketones (excluding diaryl/α,β-unsaturated/α-hetero) is 2. The Balaban J connectivity index is 0.000000786. The minimum absolute atomic E-state index is 0.0234. The summed E-state index contributed by atoms with van der Waals surface area (Å²) < 4.78 is 0. The number of allylic oxidation sites excluding steroid dienone is 4. The maximum atomic E-state index is 12.2. The molecule has 2 fully saturated rings. The van der Waals surface area contributed by atoms with E-state index in [1.165, 1.54) is 30.6 Å². The number of benzene rings is 1. The highest BCUT2D eigenvalue weighted by atomic mass is 16.4. The molecule has 5 rings (SSSR count). The van der Waals surface area contributed by atoms with Gasteiger partial charge in [-0.25, -0.2) is 0 Å². The first-order chi connectivity index (χ1) is 17.9. The number of fused-ring (bicyclic) bond motifs is 4. The quantitative estimate of drug-likeness (QED) is 0.462. The molecule has 2 saturated carbocycles. The molecule has 0 bridgehead atoms. The van der Waals surface area contributed by atoms with Gasteiger partial charge in [-0.05, 0) is 100 Å². The summed E-state index contributed by atoms with van der Waals surface area (Å²) >= 11 is 0. The Labute approximate surface area is 225 Å². The lowest BCUT2D eigenvalue weighted by atomic mass is 9.51. The van der Waals surface area contributed by atoms with Crippen molar-refractivity contribution in [1.82, 2.24) is 0 Å². The normalized spacial score (nSPS) is 31.8. The summed E-state index contributed by atoms with van der Waals surface area (Å²) in [5.41, 5.74) is 4.42. The van der Waals surface area contributed by atoms with Crippen molar-refractivity contribution in [2.45, 2.75) is 97.0 Å². The number of aliphatic hydroxyl groups is 1.